The van der Waals surface area contributed by atoms with Crippen LogP contribution in [0.25, 0.3) is 0 Å². The summed E-state index contributed by atoms with van der Waals surface area (Å²) >= 11 is 0. The Morgan fingerprint density at radius 2 is 1.88 bits per heavy atom. The number of hydrogen-bond donors (Lipinski definition) is 1. The summed E-state index contributed by atoms with van der Waals surface area (Å²) in [7, 11) is 0. The number of carbonyl (C=O) groups excluding carboxylic acids is 3. The van der Waals surface area contributed by atoms with Gasteiger partial charge in [-0.2, -0.15) is 0 Å². The summed E-state index contributed by atoms with van der Waals surface area (Å²) in [6.07, 6.45) is 7.30. The zero-order valence-electron chi connectivity index (χ0n) is 15.0. The lowest BCUT2D eigenvalue weighted by atomic mass is 9.89. The molecule has 6 heteroatoms. The van der Waals surface area contributed by atoms with Crippen LogP contribution in [0.5, 0.6) is 0 Å². The number of carbonyl (C=O) groups is 3. The van der Waals surface area contributed by atoms with Crippen LogP contribution in [0.2, 0.25) is 0 Å². The fraction of sp³-hybridized carbons (Fsp3) is 0.550. The Morgan fingerprint density at radius 3 is 2.62 bits per heavy atom. The number of esters is 1. The van der Waals surface area contributed by atoms with E-state index in [4.69, 9.17) is 4.74 Å². The molecule has 1 N–H and O–H groups in total. The second-order valence-corrected chi connectivity index (χ2v) is 7.05. The third-order valence-corrected chi connectivity index (χ3v) is 5.14. The summed E-state index contributed by atoms with van der Waals surface area (Å²) in [6, 6.07) is 6.88. The SMILES string of the molecule is O=C(COC(=O)c1ccccc1N1CCCC1=O)NCC1CCCCC1. The third-order valence-electron chi connectivity index (χ3n) is 5.14. The topological polar surface area (TPSA) is 75.7 Å². The quantitative estimate of drug-likeness (QED) is 0.793. The van der Waals surface area contributed by atoms with Crippen molar-refractivity contribution in [1.29, 1.82) is 0 Å². The lowest BCUT2D eigenvalue weighted by Gasteiger charge is -2.21. The average molecular weight is 358 g/mol. The molecule has 1 aliphatic carbocycles. The van der Waals surface area contributed by atoms with E-state index in [1.165, 1.54) is 19.3 Å². The molecule has 0 atom stereocenters. The van der Waals surface area contributed by atoms with Gasteiger partial charge < -0.3 is 15.0 Å². The van der Waals surface area contributed by atoms with Crippen LogP contribution in [0.15, 0.2) is 24.3 Å². The molecule has 1 saturated heterocycles. The Morgan fingerprint density at radius 1 is 1.12 bits per heavy atom. The Hall–Kier alpha value is -2.37. The standard InChI is InChI=1S/C20H26N2O4/c23-18(21-13-15-7-2-1-3-8-15)14-26-20(25)16-9-4-5-10-17(16)22-12-6-11-19(22)24/h4-5,9-10,15H,1-3,6-8,11-14H2,(H,21,23). The highest BCUT2D eigenvalue weighted by atomic mass is 16.5. The van der Waals surface area contributed by atoms with E-state index in [2.05, 4.69) is 5.32 Å². The van der Waals surface area contributed by atoms with Gasteiger partial charge in [-0.15, -0.1) is 0 Å². The first-order chi connectivity index (χ1) is 12.6. The van der Waals surface area contributed by atoms with E-state index in [-0.39, 0.29) is 18.4 Å². The molecule has 2 amide bonds. The molecule has 2 fully saturated rings. The lowest BCUT2D eigenvalue weighted by molar-refractivity contribution is -0.124. The smallest absolute Gasteiger partial charge is 0.340 e. The van der Waals surface area contributed by atoms with Gasteiger partial charge in [0, 0.05) is 19.5 Å². The van der Waals surface area contributed by atoms with Crippen LogP contribution in [0, 0.1) is 5.92 Å². The first-order valence-electron chi connectivity index (χ1n) is 9.48. The van der Waals surface area contributed by atoms with Crippen LogP contribution in [-0.4, -0.2) is 37.5 Å². The van der Waals surface area contributed by atoms with Crippen molar-refractivity contribution in [3.05, 3.63) is 29.8 Å². The Bertz CT molecular complexity index is 668. The number of nitrogens with zero attached hydrogens (tertiary/aromatic N) is 1. The number of benzene rings is 1. The van der Waals surface area contributed by atoms with Crippen LogP contribution >= 0.6 is 0 Å². The third kappa shape index (κ3) is 4.62. The molecule has 1 aromatic carbocycles. The minimum absolute atomic E-state index is 0.00970. The van der Waals surface area contributed by atoms with Crippen molar-refractivity contribution >= 4 is 23.5 Å². The molecule has 6 nitrogen and oxygen atoms in total. The van der Waals surface area contributed by atoms with Gasteiger partial charge in [-0.05, 0) is 37.3 Å². The van der Waals surface area contributed by atoms with Crippen LogP contribution in [-0.2, 0) is 14.3 Å². The van der Waals surface area contributed by atoms with Crippen LogP contribution in [0.1, 0.15) is 55.3 Å². The maximum absolute atomic E-state index is 12.4. The fourth-order valence-electron chi connectivity index (χ4n) is 3.69. The van der Waals surface area contributed by atoms with E-state index in [0.29, 0.717) is 36.7 Å². The van der Waals surface area contributed by atoms with Gasteiger partial charge in [-0.3, -0.25) is 9.59 Å². The van der Waals surface area contributed by atoms with Crippen molar-refractivity contribution in [2.45, 2.75) is 44.9 Å². The van der Waals surface area contributed by atoms with Gasteiger partial charge in [0.25, 0.3) is 5.91 Å². The molecular formula is C20H26N2O4. The molecule has 1 aromatic rings. The minimum Gasteiger partial charge on any atom is -0.452 e. The molecule has 0 bridgehead atoms. The first kappa shape index (κ1) is 18.4. The molecule has 0 spiro atoms. The largest absolute Gasteiger partial charge is 0.452 e. The molecule has 0 aromatic heterocycles. The second kappa shape index (κ2) is 8.83. The maximum Gasteiger partial charge on any atom is 0.340 e. The average Bonchev–Trinajstić information content (AvgIpc) is 3.11. The van der Waals surface area contributed by atoms with Crippen molar-refractivity contribution in [2.24, 2.45) is 5.92 Å². The summed E-state index contributed by atoms with van der Waals surface area (Å²) in [6.45, 7) is 0.952. The fourth-order valence-corrected chi connectivity index (χ4v) is 3.69. The lowest BCUT2D eigenvalue weighted by Crippen LogP contribution is -2.33. The van der Waals surface area contributed by atoms with Gasteiger partial charge in [0.15, 0.2) is 6.61 Å². The predicted molar refractivity (Wildman–Crippen MR) is 97.9 cm³/mol. The minimum atomic E-state index is -0.576. The molecule has 0 unspecified atom stereocenters. The Balaban J connectivity index is 1.52. The number of rotatable bonds is 6. The van der Waals surface area contributed by atoms with Gasteiger partial charge in [-0.25, -0.2) is 4.79 Å². The molecule has 1 heterocycles. The number of para-hydroxylation sites is 1. The van der Waals surface area contributed by atoms with Gasteiger partial charge in [0.05, 0.1) is 11.3 Å². The highest BCUT2D eigenvalue weighted by Gasteiger charge is 2.26. The molecule has 3 rings (SSSR count). The number of hydrogen-bond acceptors (Lipinski definition) is 4. The summed E-state index contributed by atoms with van der Waals surface area (Å²) < 4.78 is 5.18. The highest BCUT2D eigenvalue weighted by molar-refractivity contribution is 6.03. The van der Waals surface area contributed by atoms with Crippen molar-refractivity contribution in [1.82, 2.24) is 5.32 Å². The summed E-state index contributed by atoms with van der Waals surface area (Å²) in [5.74, 6) is -0.312. The summed E-state index contributed by atoms with van der Waals surface area (Å²) in [5.41, 5.74) is 0.880. The van der Waals surface area contributed by atoms with Crippen LogP contribution in [0.4, 0.5) is 5.69 Å². The number of amides is 2. The van der Waals surface area contributed by atoms with E-state index in [0.717, 1.165) is 19.3 Å². The van der Waals surface area contributed by atoms with Gasteiger partial charge >= 0.3 is 5.97 Å². The molecule has 0 radical (unpaired) electrons. The molecule has 1 aliphatic heterocycles. The van der Waals surface area contributed by atoms with E-state index in [9.17, 15) is 14.4 Å². The number of ether oxygens (including phenoxy) is 1. The number of nitrogens with one attached hydrogen (secondary N) is 1. The monoisotopic (exact) mass is 358 g/mol. The van der Waals surface area contributed by atoms with Crippen LogP contribution < -0.4 is 10.2 Å². The highest BCUT2D eigenvalue weighted by Crippen LogP contribution is 2.26. The van der Waals surface area contributed by atoms with E-state index in [1.807, 2.05) is 0 Å². The normalized spacial score (nSPS) is 18.0. The second-order valence-electron chi connectivity index (χ2n) is 7.05. The van der Waals surface area contributed by atoms with E-state index in [1.54, 1.807) is 29.2 Å². The Kier molecular flexibility index (Phi) is 6.26. The van der Waals surface area contributed by atoms with Crippen molar-refractivity contribution in [3.63, 3.8) is 0 Å². The molecule has 140 valence electrons. The maximum atomic E-state index is 12.4. The van der Waals surface area contributed by atoms with Gasteiger partial charge in [0.2, 0.25) is 5.91 Å². The molecule has 1 saturated carbocycles. The first-order valence-corrected chi connectivity index (χ1v) is 9.48. The molecule has 26 heavy (non-hydrogen) atoms. The predicted octanol–water partition coefficient (Wildman–Crippen LogP) is 2.67. The number of anilines is 1. The van der Waals surface area contributed by atoms with E-state index < -0.39 is 5.97 Å². The van der Waals surface area contributed by atoms with Crippen molar-refractivity contribution in [2.75, 3.05) is 24.6 Å². The molecular weight excluding hydrogens is 332 g/mol. The van der Waals surface area contributed by atoms with Crippen molar-refractivity contribution in [3.8, 4) is 0 Å². The van der Waals surface area contributed by atoms with E-state index >= 15 is 0 Å². The van der Waals surface area contributed by atoms with Gasteiger partial charge in [0.1, 0.15) is 0 Å². The van der Waals surface area contributed by atoms with Crippen LogP contribution in [0.3, 0.4) is 0 Å². The zero-order valence-corrected chi connectivity index (χ0v) is 15.0. The zero-order chi connectivity index (χ0) is 18.4. The van der Waals surface area contributed by atoms with Crippen molar-refractivity contribution < 1.29 is 19.1 Å². The molecule has 2 aliphatic rings. The summed E-state index contributed by atoms with van der Waals surface area (Å²) in [5, 5.41) is 2.86. The Labute approximate surface area is 153 Å². The van der Waals surface area contributed by atoms with Gasteiger partial charge in [-0.1, -0.05) is 31.4 Å². The summed E-state index contributed by atoms with van der Waals surface area (Å²) in [4.78, 5) is 37.9.